The summed E-state index contributed by atoms with van der Waals surface area (Å²) >= 11 is 0. The Morgan fingerprint density at radius 2 is 1.77 bits per heavy atom. The number of methoxy groups -OCH3 is 1. The number of hydrogen-bond donors (Lipinski definition) is 1. The molecule has 0 saturated heterocycles. The average Bonchev–Trinajstić information content (AvgIpc) is 3.12. The van der Waals surface area contributed by atoms with E-state index in [2.05, 4.69) is 10.1 Å². The van der Waals surface area contributed by atoms with E-state index >= 15 is 0 Å². The molecule has 0 bridgehead atoms. The summed E-state index contributed by atoms with van der Waals surface area (Å²) in [5.74, 6) is -0.301. The number of benzene rings is 2. The first-order valence-corrected chi connectivity index (χ1v) is 10.8. The quantitative estimate of drug-likeness (QED) is 0.581. The molecule has 0 atom stereocenters. The maximum atomic E-state index is 12.6. The Labute approximate surface area is 174 Å². The van der Waals surface area contributed by atoms with Crippen LogP contribution in [0.1, 0.15) is 37.8 Å². The molecular weight excluding hydrogens is 406 g/mol. The highest BCUT2D eigenvalue weighted by Crippen LogP contribution is 2.18. The van der Waals surface area contributed by atoms with Crippen molar-refractivity contribution in [2.75, 3.05) is 7.11 Å². The number of carbonyl (C=O) groups excluding carboxylic acids is 2. The molecule has 2 aromatic carbocycles. The van der Waals surface area contributed by atoms with E-state index in [4.69, 9.17) is 4.42 Å². The summed E-state index contributed by atoms with van der Waals surface area (Å²) in [7, 11) is -2.24. The van der Waals surface area contributed by atoms with Gasteiger partial charge in [-0.1, -0.05) is 30.3 Å². The number of carbonyl (C=O) groups is 2. The summed E-state index contributed by atoms with van der Waals surface area (Å²) in [6, 6.07) is 16.1. The molecule has 0 spiro atoms. The van der Waals surface area contributed by atoms with Gasteiger partial charge in [-0.25, -0.2) is 13.2 Å². The van der Waals surface area contributed by atoms with Crippen molar-refractivity contribution >= 4 is 21.7 Å². The van der Waals surface area contributed by atoms with Crippen LogP contribution in [0.3, 0.4) is 0 Å². The van der Waals surface area contributed by atoms with Crippen LogP contribution >= 0.6 is 0 Å². The largest absolute Gasteiger partial charge is 0.465 e. The van der Waals surface area contributed by atoms with E-state index in [9.17, 15) is 18.0 Å². The molecule has 1 heterocycles. The number of nitrogens with one attached hydrogen (secondary N) is 1. The van der Waals surface area contributed by atoms with E-state index in [1.54, 1.807) is 61.5 Å². The smallest absolute Gasteiger partial charge is 0.341 e. The zero-order chi connectivity index (χ0) is 21.7. The van der Waals surface area contributed by atoms with Gasteiger partial charge in [0.15, 0.2) is 9.84 Å². The van der Waals surface area contributed by atoms with Crippen LogP contribution in [0.2, 0.25) is 0 Å². The molecule has 0 aliphatic rings. The zero-order valence-corrected chi connectivity index (χ0v) is 17.4. The van der Waals surface area contributed by atoms with Gasteiger partial charge in [-0.3, -0.25) is 4.79 Å². The van der Waals surface area contributed by atoms with Crippen LogP contribution in [0.15, 0.2) is 70.0 Å². The first-order valence-electron chi connectivity index (χ1n) is 9.13. The molecule has 1 aromatic heterocycles. The number of esters is 1. The number of sulfone groups is 1. The van der Waals surface area contributed by atoms with Crippen molar-refractivity contribution in [2.24, 2.45) is 0 Å². The fourth-order valence-corrected chi connectivity index (χ4v) is 4.30. The second kappa shape index (κ2) is 8.96. The number of hydrogen-bond acceptors (Lipinski definition) is 6. The lowest BCUT2D eigenvalue weighted by molar-refractivity contribution is 0.0598. The molecule has 0 unspecified atom stereocenters. The van der Waals surface area contributed by atoms with Gasteiger partial charge in [-0.15, -0.1) is 0 Å². The molecule has 3 aromatic rings. The van der Waals surface area contributed by atoms with Crippen LogP contribution in [0, 0.1) is 6.92 Å². The minimum Gasteiger partial charge on any atom is -0.465 e. The molecule has 0 radical (unpaired) electrons. The molecule has 156 valence electrons. The van der Waals surface area contributed by atoms with Crippen molar-refractivity contribution < 1.29 is 27.2 Å². The molecule has 30 heavy (non-hydrogen) atoms. The van der Waals surface area contributed by atoms with Gasteiger partial charge < -0.3 is 14.5 Å². The summed E-state index contributed by atoms with van der Waals surface area (Å²) in [6.45, 7) is 1.71. The van der Waals surface area contributed by atoms with Gasteiger partial charge in [0.05, 0.1) is 24.3 Å². The Morgan fingerprint density at radius 3 is 2.47 bits per heavy atom. The molecule has 3 rings (SSSR count). The van der Waals surface area contributed by atoms with Gasteiger partial charge in [0, 0.05) is 5.56 Å². The summed E-state index contributed by atoms with van der Waals surface area (Å²) in [4.78, 5) is 24.4. The lowest BCUT2D eigenvalue weighted by atomic mass is 10.1. The van der Waals surface area contributed by atoms with E-state index in [1.165, 1.54) is 13.2 Å². The van der Waals surface area contributed by atoms with E-state index in [-0.39, 0.29) is 23.1 Å². The maximum Gasteiger partial charge on any atom is 0.341 e. The SMILES string of the molecule is COC(=O)c1cc(CNC(=O)c2cccc(CS(=O)(=O)c3ccccc3)c2)oc1C. The second-order valence-corrected chi connectivity index (χ2v) is 8.62. The normalized spacial score (nSPS) is 11.1. The lowest BCUT2D eigenvalue weighted by Gasteiger charge is -2.07. The third-order valence-electron chi connectivity index (χ3n) is 4.45. The molecule has 1 N–H and O–H groups in total. The van der Waals surface area contributed by atoms with Crippen LogP contribution in [0.25, 0.3) is 0 Å². The molecule has 0 saturated carbocycles. The Hall–Kier alpha value is -3.39. The molecule has 8 heteroatoms. The number of furan rings is 1. The number of ether oxygens (including phenoxy) is 1. The van der Waals surface area contributed by atoms with E-state index in [0.29, 0.717) is 28.2 Å². The standard InChI is InChI=1S/C22H21NO6S/c1-15-20(22(25)28-2)12-18(29-15)13-23-21(24)17-8-6-7-16(11-17)14-30(26,27)19-9-4-3-5-10-19/h3-12H,13-14H2,1-2H3,(H,23,24). The van der Waals surface area contributed by atoms with Crippen LogP contribution in [0.5, 0.6) is 0 Å². The van der Waals surface area contributed by atoms with Gasteiger partial charge in [0.1, 0.15) is 17.1 Å². The van der Waals surface area contributed by atoms with Crippen molar-refractivity contribution in [2.45, 2.75) is 24.1 Å². The van der Waals surface area contributed by atoms with Gasteiger partial charge in [0.2, 0.25) is 0 Å². The third kappa shape index (κ3) is 4.96. The highest BCUT2D eigenvalue weighted by atomic mass is 32.2. The number of rotatable bonds is 7. The number of aryl methyl sites for hydroxylation is 1. The second-order valence-electron chi connectivity index (χ2n) is 6.63. The summed E-state index contributed by atoms with van der Waals surface area (Å²) < 4.78 is 35.3. The molecule has 0 fully saturated rings. The van der Waals surface area contributed by atoms with Crippen molar-refractivity contribution in [1.82, 2.24) is 5.32 Å². The number of amides is 1. The van der Waals surface area contributed by atoms with E-state index in [1.807, 2.05) is 0 Å². The predicted octanol–water partition coefficient (Wildman–Crippen LogP) is 3.28. The molecule has 1 amide bonds. The monoisotopic (exact) mass is 427 g/mol. The van der Waals surface area contributed by atoms with Crippen LogP contribution in [0.4, 0.5) is 0 Å². The maximum absolute atomic E-state index is 12.6. The fraction of sp³-hybridized carbons (Fsp3) is 0.182. The fourth-order valence-electron chi connectivity index (χ4n) is 2.95. The highest BCUT2D eigenvalue weighted by Gasteiger charge is 2.18. The van der Waals surface area contributed by atoms with Crippen LogP contribution < -0.4 is 5.32 Å². The Morgan fingerprint density at radius 1 is 1.03 bits per heavy atom. The first-order chi connectivity index (χ1) is 14.3. The average molecular weight is 427 g/mol. The minimum atomic E-state index is -3.51. The van der Waals surface area contributed by atoms with Crippen molar-refractivity contribution in [3.8, 4) is 0 Å². The topological polar surface area (TPSA) is 103 Å². The molecular formula is C22H21NO6S. The molecule has 7 nitrogen and oxygen atoms in total. The van der Waals surface area contributed by atoms with E-state index in [0.717, 1.165) is 0 Å². The van der Waals surface area contributed by atoms with E-state index < -0.39 is 15.8 Å². The predicted molar refractivity (Wildman–Crippen MR) is 110 cm³/mol. The van der Waals surface area contributed by atoms with Crippen molar-refractivity contribution in [1.29, 1.82) is 0 Å². The minimum absolute atomic E-state index is 0.0726. The molecule has 0 aliphatic heterocycles. The molecule has 0 aliphatic carbocycles. The van der Waals surface area contributed by atoms with Gasteiger partial charge in [0.25, 0.3) is 5.91 Å². The highest BCUT2D eigenvalue weighted by molar-refractivity contribution is 7.90. The summed E-state index contributed by atoms with van der Waals surface area (Å²) in [6.07, 6.45) is 0. The Bertz CT molecular complexity index is 1170. The summed E-state index contributed by atoms with van der Waals surface area (Å²) in [5.41, 5.74) is 1.13. The Kier molecular flexibility index (Phi) is 6.37. The van der Waals surface area contributed by atoms with Gasteiger partial charge in [-0.2, -0.15) is 0 Å². The Balaban J connectivity index is 1.69. The lowest BCUT2D eigenvalue weighted by Crippen LogP contribution is -2.22. The van der Waals surface area contributed by atoms with Crippen molar-refractivity contribution in [3.05, 3.63) is 88.9 Å². The van der Waals surface area contributed by atoms with Crippen molar-refractivity contribution in [3.63, 3.8) is 0 Å². The first kappa shape index (κ1) is 21.3. The van der Waals surface area contributed by atoms with Gasteiger partial charge >= 0.3 is 5.97 Å². The summed E-state index contributed by atoms with van der Waals surface area (Å²) in [5, 5.41) is 2.70. The zero-order valence-electron chi connectivity index (χ0n) is 16.5. The van der Waals surface area contributed by atoms with Crippen LogP contribution in [-0.2, 0) is 26.9 Å². The van der Waals surface area contributed by atoms with Crippen LogP contribution in [-0.4, -0.2) is 27.4 Å². The van der Waals surface area contributed by atoms with Gasteiger partial charge in [-0.05, 0) is 42.8 Å². The third-order valence-corrected chi connectivity index (χ3v) is 6.15.